The van der Waals surface area contributed by atoms with Crippen LogP contribution in [0.4, 0.5) is 13.2 Å². The highest BCUT2D eigenvalue weighted by molar-refractivity contribution is 9.10. The Morgan fingerprint density at radius 3 is 2.71 bits per heavy atom. The average Bonchev–Trinajstić information content (AvgIpc) is 2.59. The topological polar surface area (TPSA) is 12.0 Å². The molecule has 0 aliphatic heterocycles. The first kappa shape index (κ1) is 15.0. The lowest BCUT2D eigenvalue weighted by Gasteiger charge is -2.13. The van der Waals surface area contributed by atoms with Crippen molar-refractivity contribution in [2.75, 3.05) is 0 Å². The van der Waals surface area contributed by atoms with Crippen molar-refractivity contribution >= 4 is 27.3 Å². The minimum Gasteiger partial charge on any atom is -0.309 e. The Morgan fingerprint density at radius 2 is 2.18 bits per heavy atom. The lowest BCUT2D eigenvalue weighted by Crippen LogP contribution is -2.25. The number of thiophene rings is 1. The third-order valence-corrected chi connectivity index (χ3v) is 4.04. The zero-order valence-corrected chi connectivity index (χ0v) is 11.9. The molecule has 98 valence electrons. The van der Waals surface area contributed by atoms with Gasteiger partial charge >= 0.3 is 6.18 Å². The van der Waals surface area contributed by atoms with Gasteiger partial charge in [0.05, 0.1) is 0 Å². The van der Waals surface area contributed by atoms with E-state index in [1.807, 2.05) is 18.4 Å². The molecule has 1 unspecified atom stereocenters. The fourth-order valence-corrected chi connectivity index (χ4v) is 2.83. The summed E-state index contributed by atoms with van der Waals surface area (Å²) in [6, 6.07) is 2.12. The van der Waals surface area contributed by atoms with Crippen molar-refractivity contribution in [2.24, 2.45) is 0 Å². The number of nitrogens with one attached hydrogen (secondary N) is 1. The maximum Gasteiger partial charge on any atom is 0.389 e. The summed E-state index contributed by atoms with van der Waals surface area (Å²) in [5, 5.41) is 5.21. The van der Waals surface area contributed by atoms with Crippen LogP contribution in [0.1, 0.15) is 31.1 Å². The van der Waals surface area contributed by atoms with Crippen molar-refractivity contribution < 1.29 is 13.2 Å². The molecule has 0 bridgehead atoms. The maximum absolute atomic E-state index is 11.9. The second-order valence-corrected chi connectivity index (χ2v) is 5.93. The van der Waals surface area contributed by atoms with Gasteiger partial charge in [-0.25, -0.2) is 0 Å². The van der Waals surface area contributed by atoms with Crippen LogP contribution in [0.2, 0.25) is 0 Å². The van der Waals surface area contributed by atoms with E-state index in [-0.39, 0.29) is 12.5 Å². The molecule has 0 radical (unpaired) electrons. The molecule has 1 rings (SSSR count). The molecule has 0 saturated heterocycles. The standard InChI is InChI=1S/C11H15BrF3NS/c1-8(3-2-4-11(13,14)15)16-6-10-5-9(12)7-17-10/h5,7-8,16H,2-4,6H2,1H3. The van der Waals surface area contributed by atoms with E-state index in [1.54, 1.807) is 11.3 Å². The molecular weight excluding hydrogens is 315 g/mol. The van der Waals surface area contributed by atoms with Crippen molar-refractivity contribution in [1.29, 1.82) is 0 Å². The predicted octanol–water partition coefficient (Wildman–Crippen LogP) is 4.72. The first-order valence-electron chi connectivity index (χ1n) is 5.40. The van der Waals surface area contributed by atoms with E-state index in [1.165, 1.54) is 4.88 Å². The van der Waals surface area contributed by atoms with Crippen LogP contribution in [0.5, 0.6) is 0 Å². The summed E-state index contributed by atoms with van der Waals surface area (Å²) in [6.45, 7) is 2.63. The molecule has 0 aromatic carbocycles. The predicted molar refractivity (Wildman–Crippen MR) is 68.2 cm³/mol. The van der Waals surface area contributed by atoms with Gasteiger partial charge in [0.25, 0.3) is 0 Å². The Bertz CT molecular complexity index is 338. The third kappa shape index (κ3) is 7.06. The zero-order chi connectivity index (χ0) is 12.9. The van der Waals surface area contributed by atoms with Crippen LogP contribution in [0.15, 0.2) is 15.9 Å². The molecule has 6 heteroatoms. The fraction of sp³-hybridized carbons (Fsp3) is 0.636. The monoisotopic (exact) mass is 329 g/mol. The highest BCUT2D eigenvalue weighted by Gasteiger charge is 2.26. The quantitative estimate of drug-likeness (QED) is 0.796. The molecule has 1 atom stereocenters. The van der Waals surface area contributed by atoms with Crippen LogP contribution in [0, 0.1) is 0 Å². The van der Waals surface area contributed by atoms with Crippen molar-refractivity contribution in [2.45, 2.75) is 44.9 Å². The number of halogens is 4. The van der Waals surface area contributed by atoms with Crippen LogP contribution in [0.3, 0.4) is 0 Å². The zero-order valence-electron chi connectivity index (χ0n) is 9.48. The minimum absolute atomic E-state index is 0.109. The highest BCUT2D eigenvalue weighted by Crippen LogP contribution is 2.23. The number of hydrogen-bond donors (Lipinski definition) is 1. The summed E-state index contributed by atoms with van der Waals surface area (Å²) in [5.74, 6) is 0. The van der Waals surface area contributed by atoms with Gasteiger partial charge in [0.15, 0.2) is 0 Å². The first-order chi connectivity index (χ1) is 7.87. The van der Waals surface area contributed by atoms with Crippen LogP contribution < -0.4 is 5.32 Å². The summed E-state index contributed by atoms with van der Waals surface area (Å²) in [7, 11) is 0. The van der Waals surface area contributed by atoms with E-state index in [0.717, 1.165) is 4.47 Å². The van der Waals surface area contributed by atoms with E-state index >= 15 is 0 Å². The van der Waals surface area contributed by atoms with E-state index in [9.17, 15) is 13.2 Å². The van der Waals surface area contributed by atoms with Crippen molar-refractivity contribution in [1.82, 2.24) is 5.32 Å². The third-order valence-electron chi connectivity index (χ3n) is 2.34. The van der Waals surface area contributed by atoms with Crippen molar-refractivity contribution in [3.05, 3.63) is 20.8 Å². The van der Waals surface area contributed by atoms with Crippen LogP contribution in [-0.2, 0) is 6.54 Å². The Morgan fingerprint density at radius 1 is 1.47 bits per heavy atom. The number of hydrogen-bond acceptors (Lipinski definition) is 2. The molecule has 17 heavy (non-hydrogen) atoms. The van der Waals surface area contributed by atoms with E-state index in [2.05, 4.69) is 21.2 Å². The average molecular weight is 330 g/mol. The molecule has 1 nitrogen and oxygen atoms in total. The van der Waals surface area contributed by atoms with E-state index < -0.39 is 12.6 Å². The van der Waals surface area contributed by atoms with Gasteiger partial charge in [-0.1, -0.05) is 0 Å². The van der Waals surface area contributed by atoms with Crippen molar-refractivity contribution in [3.8, 4) is 0 Å². The molecule has 0 fully saturated rings. The molecular formula is C11H15BrF3NS. The molecule has 0 aliphatic rings. The summed E-state index contributed by atoms with van der Waals surface area (Å²) < 4.78 is 36.9. The largest absolute Gasteiger partial charge is 0.389 e. The van der Waals surface area contributed by atoms with E-state index in [4.69, 9.17) is 0 Å². The maximum atomic E-state index is 11.9. The Hall–Kier alpha value is -0.0700. The number of rotatable bonds is 6. The smallest absolute Gasteiger partial charge is 0.309 e. The molecule has 0 saturated carbocycles. The van der Waals surface area contributed by atoms with Gasteiger partial charge in [-0.2, -0.15) is 13.2 Å². The van der Waals surface area contributed by atoms with Gasteiger partial charge in [-0.15, -0.1) is 11.3 Å². The minimum atomic E-state index is -4.03. The van der Waals surface area contributed by atoms with Gasteiger partial charge in [0.2, 0.25) is 0 Å². The molecule has 0 aliphatic carbocycles. The molecule has 1 N–H and O–H groups in total. The lowest BCUT2D eigenvalue weighted by molar-refractivity contribution is -0.135. The molecule has 1 aromatic rings. The normalized spacial score (nSPS) is 13.9. The van der Waals surface area contributed by atoms with Gasteiger partial charge in [-0.05, 0) is 41.8 Å². The second-order valence-electron chi connectivity index (χ2n) is 4.02. The molecule has 1 heterocycles. The first-order valence-corrected chi connectivity index (χ1v) is 7.07. The lowest BCUT2D eigenvalue weighted by atomic mass is 10.1. The van der Waals surface area contributed by atoms with E-state index in [0.29, 0.717) is 13.0 Å². The van der Waals surface area contributed by atoms with Gasteiger partial charge in [-0.3, -0.25) is 0 Å². The SMILES string of the molecule is CC(CCCC(F)(F)F)NCc1cc(Br)cs1. The second kappa shape index (κ2) is 6.75. The van der Waals surface area contributed by atoms with Crippen LogP contribution in [-0.4, -0.2) is 12.2 Å². The molecule has 0 spiro atoms. The summed E-state index contributed by atoms with van der Waals surface area (Å²) in [6.07, 6.45) is -3.99. The Labute approximate surface area is 112 Å². The van der Waals surface area contributed by atoms with Crippen LogP contribution in [0.25, 0.3) is 0 Å². The number of alkyl halides is 3. The van der Waals surface area contributed by atoms with Crippen molar-refractivity contribution in [3.63, 3.8) is 0 Å². The molecule has 1 aromatic heterocycles. The van der Waals surface area contributed by atoms with Gasteiger partial charge < -0.3 is 5.32 Å². The molecule has 0 amide bonds. The Kier molecular flexibility index (Phi) is 5.95. The fourth-order valence-electron chi connectivity index (χ4n) is 1.43. The van der Waals surface area contributed by atoms with Crippen LogP contribution >= 0.6 is 27.3 Å². The highest BCUT2D eigenvalue weighted by atomic mass is 79.9. The summed E-state index contributed by atoms with van der Waals surface area (Å²) in [5.41, 5.74) is 0. The van der Waals surface area contributed by atoms with Gasteiger partial charge in [0.1, 0.15) is 0 Å². The summed E-state index contributed by atoms with van der Waals surface area (Å²) >= 11 is 4.99. The van der Waals surface area contributed by atoms with Gasteiger partial charge in [0, 0.05) is 33.7 Å². The Balaban J connectivity index is 2.15. The summed E-state index contributed by atoms with van der Waals surface area (Å²) in [4.78, 5) is 1.18.